The smallest absolute Gasteiger partial charge is 0.407 e. The largest absolute Gasteiger partial charge is 0.438 e. The van der Waals surface area contributed by atoms with E-state index in [1.54, 1.807) is 0 Å². The fourth-order valence-corrected chi connectivity index (χ4v) is 3.57. The Morgan fingerprint density at radius 2 is 1.55 bits per heavy atom. The molecule has 5 nitrogen and oxygen atoms in total. The lowest BCUT2D eigenvalue weighted by molar-refractivity contribution is -0.118. The number of hydrogen-bond acceptors (Lipinski definition) is 4. The zero-order valence-electron chi connectivity index (χ0n) is 20.4. The maximum atomic E-state index is 12.0. The van der Waals surface area contributed by atoms with Crippen LogP contribution in [0.2, 0.25) is 0 Å². The van der Waals surface area contributed by atoms with E-state index in [4.69, 9.17) is 4.74 Å². The van der Waals surface area contributed by atoms with E-state index in [1.165, 1.54) is 25.7 Å². The summed E-state index contributed by atoms with van der Waals surface area (Å²) >= 11 is 0. The van der Waals surface area contributed by atoms with Crippen LogP contribution in [0.25, 0.3) is 0 Å². The quantitative estimate of drug-likeness (QED) is 0.125. The van der Waals surface area contributed by atoms with Crippen molar-refractivity contribution in [2.24, 2.45) is 5.92 Å². The van der Waals surface area contributed by atoms with Crippen molar-refractivity contribution in [3.8, 4) is 0 Å². The van der Waals surface area contributed by atoms with Crippen LogP contribution in [0.3, 0.4) is 0 Å². The number of unbranched alkanes of at least 4 members (excludes halogenated alkanes) is 7. The van der Waals surface area contributed by atoms with Crippen LogP contribution in [0.5, 0.6) is 0 Å². The highest BCUT2D eigenvalue weighted by Crippen LogP contribution is 2.23. The predicted molar refractivity (Wildman–Crippen MR) is 131 cm³/mol. The molecule has 2 unspecified atom stereocenters. The molecule has 0 aromatic heterocycles. The molecule has 180 valence electrons. The number of rotatable bonds is 21. The molecule has 0 heterocycles. The van der Waals surface area contributed by atoms with Gasteiger partial charge in [-0.3, -0.25) is 4.79 Å². The van der Waals surface area contributed by atoms with Gasteiger partial charge in [0.15, 0.2) is 12.4 Å². The third-order valence-corrected chi connectivity index (χ3v) is 5.45. The zero-order valence-corrected chi connectivity index (χ0v) is 20.4. The predicted octanol–water partition coefficient (Wildman–Crippen LogP) is 6.34. The lowest BCUT2D eigenvalue weighted by Gasteiger charge is -2.23. The van der Waals surface area contributed by atoms with Crippen molar-refractivity contribution in [3.63, 3.8) is 0 Å². The van der Waals surface area contributed by atoms with Crippen LogP contribution in [0, 0.1) is 5.92 Å². The van der Waals surface area contributed by atoms with Gasteiger partial charge in [-0.25, -0.2) is 4.79 Å². The van der Waals surface area contributed by atoms with Crippen LogP contribution in [-0.2, 0) is 9.53 Å². The topological polar surface area (TPSA) is 67.4 Å². The standard InChI is InChI=1S/C26H48N2O3/c1-4-6-8-10-11-12-13-14-16-18-20-24(19-17-15-9-7-5-2)25(23-29)31-26(30)28-22-21-27-3/h6,8,11-12,23-25,27H,4-5,7,9-10,13-22H2,1-3H3,(H,28,30). The number of carbonyl (C=O) groups excluding carboxylic acids is 2. The first-order valence-corrected chi connectivity index (χ1v) is 12.5. The monoisotopic (exact) mass is 436 g/mol. The van der Waals surface area contributed by atoms with E-state index in [-0.39, 0.29) is 5.92 Å². The number of aldehydes is 1. The van der Waals surface area contributed by atoms with Gasteiger partial charge in [-0.2, -0.15) is 0 Å². The van der Waals surface area contributed by atoms with Crippen LogP contribution in [0.15, 0.2) is 24.3 Å². The van der Waals surface area contributed by atoms with Crippen molar-refractivity contribution in [2.75, 3.05) is 20.1 Å². The van der Waals surface area contributed by atoms with Gasteiger partial charge >= 0.3 is 6.09 Å². The fourth-order valence-electron chi connectivity index (χ4n) is 3.57. The molecule has 0 saturated carbocycles. The molecule has 0 aromatic carbocycles. The van der Waals surface area contributed by atoms with E-state index in [2.05, 4.69) is 48.8 Å². The van der Waals surface area contributed by atoms with Crippen molar-refractivity contribution in [1.82, 2.24) is 10.6 Å². The Hall–Kier alpha value is -1.62. The highest BCUT2D eigenvalue weighted by Gasteiger charge is 2.24. The van der Waals surface area contributed by atoms with Gasteiger partial charge in [0.05, 0.1) is 0 Å². The summed E-state index contributed by atoms with van der Waals surface area (Å²) in [7, 11) is 1.83. The molecule has 5 heteroatoms. The second-order valence-corrected chi connectivity index (χ2v) is 8.22. The second kappa shape index (κ2) is 23.1. The third-order valence-electron chi connectivity index (χ3n) is 5.45. The number of likely N-dealkylation sites (N-methyl/N-ethyl adjacent to an activating group) is 1. The number of carbonyl (C=O) groups is 2. The number of ether oxygens (including phenoxy) is 1. The second-order valence-electron chi connectivity index (χ2n) is 8.22. The third kappa shape index (κ3) is 18.8. The Morgan fingerprint density at radius 1 is 0.871 bits per heavy atom. The molecule has 0 bridgehead atoms. The van der Waals surface area contributed by atoms with Crippen molar-refractivity contribution in [1.29, 1.82) is 0 Å². The molecule has 0 aromatic rings. The van der Waals surface area contributed by atoms with E-state index >= 15 is 0 Å². The van der Waals surface area contributed by atoms with Gasteiger partial charge in [0, 0.05) is 19.0 Å². The Morgan fingerprint density at radius 3 is 2.19 bits per heavy atom. The van der Waals surface area contributed by atoms with E-state index in [0.717, 1.165) is 64.1 Å². The minimum Gasteiger partial charge on any atom is -0.438 e. The average molecular weight is 437 g/mol. The van der Waals surface area contributed by atoms with Gasteiger partial charge in [-0.05, 0) is 45.6 Å². The Bertz CT molecular complexity index is 477. The fraction of sp³-hybridized carbons (Fsp3) is 0.769. The Balaban J connectivity index is 4.40. The summed E-state index contributed by atoms with van der Waals surface area (Å²) < 4.78 is 5.47. The molecule has 0 saturated heterocycles. The molecule has 1 amide bonds. The van der Waals surface area contributed by atoms with E-state index in [1.807, 2.05) is 7.05 Å². The molecule has 0 aliphatic heterocycles. The molecule has 31 heavy (non-hydrogen) atoms. The summed E-state index contributed by atoms with van der Waals surface area (Å²) in [4.78, 5) is 23.7. The highest BCUT2D eigenvalue weighted by molar-refractivity contribution is 5.71. The van der Waals surface area contributed by atoms with Crippen LogP contribution < -0.4 is 10.6 Å². The molecule has 0 fully saturated rings. The lowest BCUT2D eigenvalue weighted by atomic mass is 9.90. The van der Waals surface area contributed by atoms with Crippen molar-refractivity contribution >= 4 is 12.4 Å². The van der Waals surface area contributed by atoms with Crippen LogP contribution in [-0.4, -0.2) is 38.6 Å². The lowest BCUT2D eigenvalue weighted by Crippen LogP contribution is -2.36. The first-order valence-electron chi connectivity index (χ1n) is 12.5. The molecule has 2 N–H and O–H groups in total. The van der Waals surface area contributed by atoms with E-state index < -0.39 is 12.2 Å². The summed E-state index contributed by atoms with van der Waals surface area (Å²) in [5.41, 5.74) is 0. The van der Waals surface area contributed by atoms with Crippen molar-refractivity contribution in [2.45, 2.75) is 103 Å². The maximum absolute atomic E-state index is 12.0. The summed E-state index contributed by atoms with van der Waals surface area (Å²) in [5.74, 6) is 0.115. The molecular formula is C26H48N2O3. The average Bonchev–Trinajstić information content (AvgIpc) is 2.77. The molecule has 0 aliphatic rings. The van der Waals surface area contributed by atoms with E-state index in [9.17, 15) is 9.59 Å². The first kappa shape index (κ1) is 29.4. The normalized spacial score (nSPS) is 13.5. The number of alkyl carbamates (subject to hydrolysis) is 1. The molecule has 0 aliphatic carbocycles. The minimum atomic E-state index is -0.647. The van der Waals surface area contributed by atoms with Crippen LogP contribution in [0.1, 0.15) is 97.3 Å². The Labute approximate surface area is 191 Å². The number of allylic oxidation sites excluding steroid dienone is 4. The first-order chi connectivity index (χ1) is 15.2. The molecule has 0 spiro atoms. The van der Waals surface area contributed by atoms with Gasteiger partial charge in [-0.1, -0.05) is 83.1 Å². The van der Waals surface area contributed by atoms with Crippen molar-refractivity contribution < 1.29 is 14.3 Å². The summed E-state index contributed by atoms with van der Waals surface area (Å²) in [6.45, 7) is 5.52. The number of nitrogens with one attached hydrogen (secondary N) is 2. The van der Waals surface area contributed by atoms with Crippen LogP contribution >= 0.6 is 0 Å². The molecule has 0 radical (unpaired) electrons. The Kier molecular flexibility index (Phi) is 21.8. The minimum absolute atomic E-state index is 0.115. The SMILES string of the molecule is CCC=CCC=CCCCCCC(CCCCCCC)C(C=O)OC(=O)NCCNC. The zero-order chi connectivity index (χ0) is 23.0. The van der Waals surface area contributed by atoms with Gasteiger partial charge < -0.3 is 15.4 Å². The number of hydrogen-bond donors (Lipinski definition) is 2. The van der Waals surface area contributed by atoms with Gasteiger partial charge in [0.1, 0.15) is 0 Å². The highest BCUT2D eigenvalue weighted by atomic mass is 16.6. The number of amides is 1. The van der Waals surface area contributed by atoms with E-state index in [0.29, 0.717) is 13.1 Å². The molecular weight excluding hydrogens is 388 g/mol. The maximum Gasteiger partial charge on any atom is 0.407 e. The summed E-state index contributed by atoms with van der Waals surface area (Å²) in [6.07, 6.45) is 23.0. The molecule has 2 atom stereocenters. The van der Waals surface area contributed by atoms with Gasteiger partial charge in [0.2, 0.25) is 0 Å². The molecule has 0 rings (SSSR count). The van der Waals surface area contributed by atoms with Crippen LogP contribution in [0.4, 0.5) is 4.79 Å². The van der Waals surface area contributed by atoms with Crippen molar-refractivity contribution in [3.05, 3.63) is 24.3 Å². The van der Waals surface area contributed by atoms with Gasteiger partial charge in [0.25, 0.3) is 0 Å². The summed E-state index contributed by atoms with van der Waals surface area (Å²) in [6, 6.07) is 0. The summed E-state index contributed by atoms with van der Waals surface area (Å²) in [5, 5.41) is 5.67. The van der Waals surface area contributed by atoms with Gasteiger partial charge in [-0.15, -0.1) is 0 Å².